The summed E-state index contributed by atoms with van der Waals surface area (Å²) in [6.07, 6.45) is 1.78. The molecule has 0 aromatic heterocycles. The second-order valence-electron chi connectivity index (χ2n) is 8.13. The number of ether oxygens (including phenoxy) is 2. The summed E-state index contributed by atoms with van der Waals surface area (Å²) in [5, 5.41) is 14.5. The molecule has 0 spiro atoms. The first kappa shape index (κ1) is 21.4. The number of aliphatic hydroxyl groups is 1. The molecule has 3 aromatic carbocycles. The molecule has 3 aromatic rings. The first-order valence-corrected chi connectivity index (χ1v) is 10.9. The van der Waals surface area contributed by atoms with Crippen LogP contribution in [0.25, 0.3) is 0 Å². The molecule has 162 valence electrons. The summed E-state index contributed by atoms with van der Waals surface area (Å²) in [4.78, 5) is 0. The lowest BCUT2D eigenvalue weighted by Crippen LogP contribution is -2.46. The van der Waals surface area contributed by atoms with Gasteiger partial charge < -0.3 is 19.9 Å². The third-order valence-corrected chi connectivity index (χ3v) is 6.33. The summed E-state index contributed by atoms with van der Waals surface area (Å²) < 4.78 is 11.1. The van der Waals surface area contributed by atoms with Crippen LogP contribution in [0, 0.1) is 0 Å². The Morgan fingerprint density at radius 1 is 0.806 bits per heavy atom. The minimum absolute atomic E-state index is 0.0132. The van der Waals surface area contributed by atoms with Gasteiger partial charge in [0.05, 0.1) is 20.3 Å². The van der Waals surface area contributed by atoms with Crippen molar-refractivity contribution in [2.45, 2.75) is 37.3 Å². The predicted octanol–water partition coefficient (Wildman–Crippen LogP) is 4.34. The zero-order valence-corrected chi connectivity index (χ0v) is 18.3. The minimum Gasteiger partial charge on any atom is -0.496 e. The van der Waals surface area contributed by atoms with Gasteiger partial charge in [-0.2, -0.15) is 0 Å². The van der Waals surface area contributed by atoms with Gasteiger partial charge in [-0.3, -0.25) is 0 Å². The van der Waals surface area contributed by atoms with Crippen LogP contribution < -0.4 is 14.8 Å². The number of fused-ring (bicyclic) bond motifs is 1. The van der Waals surface area contributed by atoms with Gasteiger partial charge in [0.15, 0.2) is 0 Å². The van der Waals surface area contributed by atoms with Crippen molar-refractivity contribution in [3.05, 3.63) is 95.1 Å². The Balaban J connectivity index is 1.47. The largest absolute Gasteiger partial charge is 0.496 e. The first-order valence-electron chi connectivity index (χ1n) is 10.9. The maximum atomic E-state index is 10.8. The number of methoxy groups -OCH3 is 2. The third-order valence-electron chi connectivity index (χ3n) is 6.33. The van der Waals surface area contributed by atoms with Gasteiger partial charge in [-0.05, 0) is 42.6 Å². The van der Waals surface area contributed by atoms with Crippen molar-refractivity contribution in [1.82, 2.24) is 5.32 Å². The molecule has 0 unspecified atom stereocenters. The second-order valence-corrected chi connectivity index (χ2v) is 8.13. The maximum absolute atomic E-state index is 10.8. The molecule has 2 atom stereocenters. The molecule has 1 aliphatic carbocycles. The molecule has 0 radical (unpaired) electrons. The van der Waals surface area contributed by atoms with Crippen molar-refractivity contribution in [2.24, 2.45) is 0 Å². The van der Waals surface area contributed by atoms with E-state index in [-0.39, 0.29) is 6.04 Å². The summed E-state index contributed by atoms with van der Waals surface area (Å²) in [7, 11) is 3.37. The van der Waals surface area contributed by atoms with Crippen LogP contribution in [-0.4, -0.2) is 38.0 Å². The van der Waals surface area contributed by atoms with E-state index in [0.29, 0.717) is 12.3 Å². The summed E-state index contributed by atoms with van der Waals surface area (Å²) in [6, 6.07) is 25.1. The molecular weight excluding hydrogens is 386 g/mol. The van der Waals surface area contributed by atoms with E-state index in [0.717, 1.165) is 42.0 Å². The first-order chi connectivity index (χ1) is 15.2. The van der Waals surface area contributed by atoms with Gasteiger partial charge in [-0.1, -0.05) is 60.7 Å². The quantitative estimate of drug-likeness (QED) is 0.572. The molecule has 0 saturated heterocycles. The van der Waals surface area contributed by atoms with Crippen LogP contribution >= 0.6 is 0 Å². The van der Waals surface area contributed by atoms with Crippen molar-refractivity contribution < 1.29 is 14.6 Å². The van der Waals surface area contributed by atoms with Gasteiger partial charge in [0.2, 0.25) is 0 Å². The second kappa shape index (κ2) is 9.99. The molecule has 31 heavy (non-hydrogen) atoms. The molecule has 4 rings (SSSR count). The fraction of sp³-hybridized carbons (Fsp3) is 0.333. The Hall–Kier alpha value is -2.82. The molecule has 0 fully saturated rings. The van der Waals surface area contributed by atoms with Crippen molar-refractivity contribution >= 4 is 0 Å². The van der Waals surface area contributed by atoms with E-state index in [2.05, 4.69) is 66.0 Å². The number of hydrogen-bond donors (Lipinski definition) is 2. The number of aliphatic hydroxyl groups excluding tert-OH is 1. The van der Waals surface area contributed by atoms with Gasteiger partial charge in [0.25, 0.3) is 0 Å². The van der Waals surface area contributed by atoms with Gasteiger partial charge in [0.1, 0.15) is 11.5 Å². The minimum atomic E-state index is -0.458. The normalized spacial score (nSPS) is 17.9. The van der Waals surface area contributed by atoms with Crippen LogP contribution in [-0.2, 0) is 12.8 Å². The van der Waals surface area contributed by atoms with E-state index in [4.69, 9.17) is 9.47 Å². The topological polar surface area (TPSA) is 50.7 Å². The highest BCUT2D eigenvalue weighted by Gasteiger charge is 2.31. The summed E-state index contributed by atoms with van der Waals surface area (Å²) >= 11 is 0. The average molecular weight is 418 g/mol. The average Bonchev–Trinajstić information content (AvgIpc) is 2.82. The third kappa shape index (κ3) is 4.76. The molecule has 0 amide bonds. The van der Waals surface area contributed by atoms with Gasteiger partial charge in [0, 0.05) is 29.5 Å². The van der Waals surface area contributed by atoms with Crippen LogP contribution in [0.1, 0.15) is 34.6 Å². The molecule has 4 nitrogen and oxygen atoms in total. The fourth-order valence-corrected chi connectivity index (χ4v) is 4.71. The smallest absolute Gasteiger partial charge is 0.122 e. The SMILES string of the molecule is COc1ccc(OC)c2c1C[C@H](NCCC(c1ccccc1)c1ccccc1)[C@@H](O)C2. The molecule has 4 heteroatoms. The lowest BCUT2D eigenvalue weighted by Gasteiger charge is -2.32. The Bertz CT molecular complexity index is 935. The van der Waals surface area contributed by atoms with Gasteiger partial charge >= 0.3 is 0 Å². The Morgan fingerprint density at radius 2 is 1.32 bits per heavy atom. The lowest BCUT2D eigenvalue weighted by atomic mass is 9.84. The zero-order chi connectivity index (χ0) is 21.6. The van der Waals surface area contributed by atoms with Crippen molar-refractivity contribution in [2.75, 3.05) is 20.8 Å². The number of nitrogens with one attached hydrogen (secondary N) is 1. The van der Waals surface area contributed by atoms with E-state index in [1.807, 2.05) is 12.1 Å². The van der Waals surface area contributed by atoms with Gasteiger partial charge in [-0.15, -0.1) is 0 Å². The van der Waals surface area contributed by atoms with Crippen LogP contribution in [0.3, 0.4) is 0 Å². The summed E-state index contributed by atoms with van der Waals surface area (Å²) in [5.41, 5.74) is 4.82. The van der Waals surface area contributed by atoms with E-state index >= 15 is 0 Å². The molecule has 1 aliphatic rings. The lowest BCUT2D eigenvalue weighted by molar-refractivity contribution is 0.117. The molecular formula is C27H31NO3. The van der Waals surface area contributed by atoms with E-state index < -0.39 is 6.10 Å². The molecule has 2 N–H and O–H groups in total. The highest BCUT2D eigenvalue weighted by atomic mass is 16.5. The van der Waals surface area contributed by atoms with Crippen LogP contribution in [0.5, 0.6) is 11.5 Å². The van der Waals surface area contributed by atoms with E-state index in [9.17, 15) is 5.11 Å². The monoisotopic (exact) mass is 417 g/mol. The number of rotatable bonds is 8. The highest BCUT2D eigenvalue weighted by molar-refractivity contribution is 5.51. The molecule has 0 saturated carbocycles. The maximum Gasteiger partial charge on any atom is 0.122 e. The summed E-state index contributed by atoms with van der Waals surface area (Å²) in [6.45, 7) is 0.817. The fourth-order valence-electron chi connectivity index (χ4n) is 4.71. The highest BCUT2D eigenvalue weighted by Crippen LogP contribution is 2.36. The van der Waals surface area contributed by atoms with E-state index in [1.165, 1.54) is 11.1 Å². The van der Waals surface area contributed by atoms with Crippen molar-refractivity contribution in [1.29, 1.82) is 0 Å². The molecule has 0 aliphatic heterocycles. The number of hydrogen-bond acceptors (Lipinski definition) is 4. The van der Waals surface area contributed by atoms with E-state index in [1.54, 1.807) is 14.2 Å². The zero-order valence-electron chi connectivity index (χ0n) is 18.3. The Kier molecular flexibility index (Phi) is 6.90. The molecule has 0 heterocycles. The van der Waals surface area contributed by atoms with Gasteiger partial charge in [-0.25, -0.2) is 0 Å². The van der Waals surface area contributed by atoms with Crippen LogP contribution in [0.15, 0.2) is 72.8 Å². The van der Waals surface area contributed by atoms with Crippen LogP contribution in [0.4, 0.5) is 0 Å². The predicted molar refractivity (Wildman–Crippen MR) is 124 cm³/mol. The summed E-state index contributed by atoms with van der Waals surface area (Å²) in [5.74, 6) is 2.00. The van der Waals surface area contributed by atoms with Crippen molar-refractivity contribution in [3.63, 3.8) is 0 Å². The Morgan fingerprint density at radius 3 is 1.84 bits per heavy atom. The van der Waals surface area contributed by atoms with Crippen LogP contribution in [0.2, 0.25) is 0 Å². The molecule has 0 bridgehead atoms. The Labute approximate surface area is 184 Å². The number of benzene rings is 3. The van der Waals surface area contributed by atoms with Crippen molar-refractivity contribution in [3.8, 4) is 11.5 Å². The standard InChI is InChI=1S/C27H31NO3/c1-30-26-13-14-27(31-2)23-18-25(29)24(17-22(23)26)28-16-15-21(19-9-5-3-6-10-19)20-11-7-4-8-12-20/h3-14,21,24-25,28-29H,15-18H2,1-2H3/t24-,25-/m0/s1.